The molecule has 0 spiro atoms. The van der Waals surface area contributed by atoms with Gasteiger partial charge in [-0.05, 0) is 37.5 Å². The zero-order chi connectivity index (χ0) is 70.0. The van der Waals surface area contributed by atoms with Crippen LogP contribution in [0.2, 0.25) is 0 Å². The molecule has 0 rings (SSSR count). The van der Waals surface area contributed by atoms with Gasteiger partial charge in [-0.3, -0.25) is 37.3 Å². The standard InChI is InChI=1S/C76H148O17P2/c1-7-9-11-13-15-17-19-21-22-23-24-28-32-35-39-46-52-58-73(78)86-64-71(92-76(81)61-55-49-41-37-33-29-26-25-27-30-34-38-44-50-56-68(3)4)66-90-94(82,83)88-62-70(77)63-89-95(84,85)91-67-72(65-87-74(79)59-53-47-43-42-45-51-57-69(5)6)93-75(80)60-54-48-40-36-31-20-18-16-14-12-10-8-2/h68-72,77H,7-67H2,1-6H3,(H,82,83)(H,84,85)/t70-,71-,72-/m1/s1. The fraction of sp³-hybridized carbons (Fsp3) is 0.947. The fourth-order valence-electron chi connectivity index (χ4n) is 11.7. The van der Waals surface area contributed by atoms with E-state index in [1.807, 2.05) is 0 Å². The molecule has 95 heavy (non-hydrogen) atoms. The van der Waals surface area contributed by atoms with Gasteiger partial charge in [0.2, 0.25) is 0 Å². The average Bonchev–Trinajstić information content (AvgIpc) is 2.66. The molecule has 0 aliphatic heterocycles. The molecule has 0 heterocycles. The molecule has 17 nitrogen and oxygen atoms in total. The predicted octanol–water partition coefficient (Wildman–Crippen LogP) is 22.3. The van der Waals surface area contributed by atoms with Crippen LogP contribution in [0.4, 0.5) is 0 Å². The molecular weight excluding hydrogens is 1250 g/mol. The minimum atomic E-state index is -4.96. The topological polar surface area (TPSA) is 237 Å². The van der Waals surface area contributed by atoms with Crippen molar-refractivity contribution in [2.24, 2.45) is 11.8 Å². The number of aliphatic hydroxyl groups excluding tert-OH is 1. The van der Waals surface area contributed by atoms with Crippen molar-refractivity contribution in [2.45, 2.75) is 413 Å². The molecular formula is C76H148O17P2. The molecule has 0 aromatic rings. The molecule has 0 amide bonds. The Kier molecular flexibility index (Phi) is 66.5. The third-order valence-corrected chi connectivity index (χ3v) is 19.6. The summed E-state index contributed by atoms with van der Waals surface area (Å²) in [6.07, 6.45) is 55.6. The zero-order valence-corrected chi connectivity index (χ0v) is 63.8. The Bertz CT molecular complexity index is 1840. The lowest BCUT2D eigenvalue weighted by Crippen LogP contribution is -2.30. The molecule has 0 aromatic carbocycles. The van der Waals surface area contributed by atoms with Crippen LogP contribution >= 0.6 is 15.6 Å². The Labute approximate surface area is 581 Å². The third kappa shape index (κ3) is 70.3. The summed E-state index contributed by atoms with van der Waals surface area (Å²) in [5, 5.41) is 10.6. The van der Waals surface area contributed by atoms with E-state index < -0.39 is 97.5 Å². The quantitative estimate of drug-likeness (QED) is 0.0222. The van der Waals surface area contributed by atoms with Crippen molar-refractivity contribution >= 4 is 39.5 Å². The Morgan fingerprint density at radius 3 is 0.716 bits per heavy atom. The Balaban J connectivity index is 5.23. The van der Waals surface area contributed by atoms with Crippen LogP contribution in [0.25, 0.3) is 0 Å². The highest BCUT2D eigenvalue weighted by Crippen LogP contribution is 2.45. The first-order chi connectivity index (χ1) is 45.9. The minimum Gasteiger partial charge on any atom is -0.462 e. The number of ether oxygens (including phenoxy) is 4. The molecule has 2 unspecified atom stereocenters. The second kappa shape index (κ2) is 67.9. The number of unbranched alkanes of at least 4 members (excludes halogenated alkanes) is 45. The van der Waals surface area contributed by atoms with Gasteiger partial charge in [-0.15, -0.1) is 0 Å². The predicted molar refractivity (Wildman–Crippen MR) is 386 cm³/mol. The van der Waals surface area contributed by atoms with Crippen LogP contribution < -0.4 is 0 Å². The van der Waals surface area contributed by atoms with E-state index in [0.29, 0.717) is 31.6 Å². The van der Waals surface area contributed by atoms with Crippen molar-refractivity contribution in [3.8, 4) is 0 Å². The summed E-state index contributed by atoms with van der Waals surface area (Å²) in [7, 11) is -9.91. The molecule has 0 aromatic heterocycles. The zero-order valence-electron chi connectivity index (χ0n) is 62.0. The SMILES string of the molecule is CCCCCCCCCCCCCCCCCCCC(=O)OC[C@H](COP(=O)(O)OC[C@@H](O)COP(=O)(O)OC[C@@H](COC(=O)CCCCCCCCC(C)C)OC(=O)CCCCCCCCCCCCCC)OC(=O)CCCCCCCCCCCCCCCCC(C)C. The smallest absolute Gasteiger partial charge is 0.462 e. The lowest BCUT2D eigenvalue weighted by molar-refractivity contribution is -0.161. The van der Waals surface area contributed by atoms with Gasteiger partial charge in [0.25, 0.3) is 0 Å². The van der Waals surface area contributed by atoms with E-state index in [1.165, 1.54) is 205 Å². The van der Waals surface area contributed by atoms with Gasteiger partial charge in [0.15, 0.2) is 12.2 Å². The van der Waals surface area contributed by atoms with Crippen LogP contribution in [0.15, 0.2) is 0 Å². The maximum absolute atomic E-state index is 13.1. The van der Waals surface area contributed by atoms with Gasteiger partial charge in [-0.25, -0.2) is 9.13 Å². The molecule has 0 saturated carbocycles. The number of hydrogen-bond acceptors (Lipinski definition) is 15. The first-order valence-corrected chi connectivity index (χ1v) is 42.5. The molecule has 0 aliphatic carbocycles. The molecule has 0 saturated heterocycles. The number of phosphoric acid groups is 2. The molecule has 0 bridgehead atoms. The maximum atomic E-state index is 13.1. The van der Waals surface area contributed by atoms with Crippen LogP contribution in [-0.2, 0) is 65.4 Å². The first-order valence-electron chi connectivity index (χ1n) is 39.5. The highest BCUT2D eigenvalue weighted by molar-refractivity contribution is 7.47. The molecule has 0 fully saturated rings. The second-order valence-electron chi connectivity index (χ2n) is 28.3. The van der Waals surface area contributed by atoms with E-state index in [1.54, 1.807) is 0 Å². The highest BCUT2D eigenvalue weighted by Gasteiger charge is 2.30. The van der Waals surface area contributed by atoms with E-state index in [2.05, 4.69) is 41.5 Å². The monoisotopic (exact) mass is 1400 g/mol. The Morgan fingerprint density at radius 2 is 0.484 bits per heavy atom. The summed E-state index contributed by atoms with van der Waals surface area (Å²) < 4.78 is 68.5. The molecule has 0 radical (unpaired) electrons. The first kappa shape index (κ1) is 93.1. The average molecular weight is 1400 g/mol. The van der Waals surface area contributed by atoms with Crippen molar-refractivity contribution in [1.29, 1.82) is 0 Å². The number of aliphatic hydroxyl groups is 1. The lowest BCUT2D eigenvalue weighted by Gasteiger charge is -2.21. The van der Waals surface area contributed by atoms with E-state index in [9.17, 15) is 43.2 Å². The van der Waals surface area contributed by atoms with Gasteiger partial charge in [-0.2, -0.15) is 0 Å². The van der Waals surface area contributed by atoms with E-state index >= 15 is 0 Å². The normalized spacial score (nSPS) is 14.0. The van der Waals surface area contributed by atoms with Gasteiger partial charge in [0.05, 0.1) is 26.4 Å². The van der Waals surface area contributed by atoms with Crippen molar-refractivity contribution in [1.82, 2.24) is 0 Å². The molecule has 564 valence electrons. The number of rotatable bonds is 75. The summed E-state index contributed by atoms with van der Waals surface area (Å²) in [5.74, 6) is -0.641. The minimum absolute atomic E-state index is 0.106. The van der Waals surface area contributed by atoms with Gasteiger partial charge in [0.1, 0.15) is 19.3 Å². The van der Waals surface area contributed by atoms with Crippen LogP contribution in [0.3, 0.4) is 0 Å². The molecule has 19 heteroatoms. The molecule has 3 N–H and O–H groups in total. The summed E-state index contributed by atoms with van der Waals surface area (Å²) in [4.78, 5) is 72.8. The summed E-state index contributed by atoms with van der Waals surface area (Å²) in [6, 6.07) is 0. The molecule has 0 aliphatic rings. The lowest BCUT2D eigenvalue weighted by atomic mass is 10.0. The van der Waals surface area contributed by atoms with Crippen LogP contribution in [0.5, 0.6) is 0 Å². The van der Waals surface area contributed by atoms with Crippen molar-refractivity contribution in [2.75, 3.05) is 39.6 Å². The van der Waals surface area contributed by atoms with Crippen molar-refractivity contribution in [3.05, 3.63) is 0 Å². The largest absolute Gasteiger partial charge is 0.472 e. The third-order valence-electron chi connectivity index (χ3n) is 17.7. The number of hydrogen-bond donors (Lipinski definition) is 3. The number of esters is 4. The van der Waals surface area contributed by atoms with Crippen LogP contribution in [-0.4, -0.2) is 96.7 Å². The fourth-order valence-corrected chi connectivity index (χ4v) is 13.2. The maximum Gasteiger partial charge on any atom is 0.472 e. The number of phosphoric ester groups is 2. The molecule has 5 atom stereocenters. The van der Waals surface area contributed by atoms with Crippen LogP contribution in [0, 0.1) is 11.8 Å². The summed E-state index contributed by atoms with van der Waals surface area (Å²) in [5.41, 5.74) is 0. The van der Waals surface area contributed by atoms with Crippen LogP contribution in [0.1, 0.15) is 395 Å². The van der Waals surface area contributed by atoms with E-state index in [0.717, 1.165) is 102 Å². The van der Waals surface area contributed by atoms with Gasteiger partial charge < -0.3 is 33.8 Å². The highest BCUT2D eigenvalue weighted by atomic mass is 31.2. The number of carbonyl (C=O) groups excluding carboxylic acids is 4. The summed E-state index contributed by atoms with van der Waals surface area (Å²) >= 11 is 0. The Morgan fingerprint density at radius 1 is 0.284 bits per heavy atom. The second-order valence-corrected chi connectivity index (χ2v) is 31.3. The van der Waals surface area contributed by atoms with Crippen molar-refractivity contribution in [3.63, 3.8) is 0 Å². The van der Waals surface area contributed by atoms with Gasteiger partial charge in [0, 0.05) is 25.7 Å². The van der Waals surface area contributed by atoms with Gasteiger partial charge >= 0.3 is 39.5 Å². The van der Waals surface area contributed by atoms with E-state index in [-0.39, 0.29) is 25.7 Å². The van der Waals surface area contributed by atoms with Gasteiger partial charge in [-0.1, -0.05) is 343 Å². The summed E-state index contributed by atoms with van der Waals surface area (Å²) in [6.45, 7) is 9.54. The Hall–Kier alpha value is -1.94. The number of carbonyl (C=O) groups is 4. The van der Waals surface area contributed by atoms with Crippen molar-refractivity contribution < 1.29 is 80.2 Å². The van der Waals surface area contributed by atoms with E-state index in [4.69, 9.17) is 37.0 Å².